The zero-order valence-corrected chi connectivity index (χ0v) is 11.2. The molecule has 0 saturated heterocycles. The van der Waals surface area contributed by atoms with E-state index >= 15 is 0 Å². The highest BCUT2D eigenvalue weighted by Gasteiger charge is 2.13. The van der Waals surface area contributed by atoms with Crippen LogP contribution in [0.2, 0.25) is 0 Å². The number of hydrogen-bond acceptors (Lipinski definition) is 2. The minimum absolute atomic E-state index is 0.171. The fourth-order valence-corrected chi connectivity index (χ4v) is 2.03. The SMILES string of the molecule is CCCNc1cc(C(F)F)nc2ccc(CC)cc12. The maximum absolute atomic E-state index is 12.9. The summed E-state index contributed by atoms with van der Waals surface area (Å²) in [6, 6.07) is 7.24. The van der Waals surface area contributed by atoms with E-state index in [4.69, 9.17) is 0 Å². The zero-order chi connectivity index (χ0) is 13.8. The third-order valence-corrected chi connectivity index (χ3v) is 3.09. The van der Waals surface area contributed by atoms with Crippen molar-refractivity contribution >= 4 is 16.6 Å². The quantitative estimate of drug-likeness (QED) is 0.856. The molecule has 102 valence electrons. The molecule has 1 heterocycles. The lowest BCUT2D eigenvalue weighted by atomic mass is 10.1. The topological polar surface area (TPSA) is 24.9 Å². The molecule has 0 aliphatic heterocycles. The van der Waals surface area contributed by atoms with Crippen LogP contribution in [0.15, 0.2) is 24.3 Å². The molecule has 0 radical (unpaired) electrons. The van der Waals surface area contributed by atoms with E-state index in [1.807, 2.05) is 25.1 Å². The first-order chi connectivity index (χ1) is 9.15. The molecule has 2 rings (SSSR count). The molecule has 1 N–H and O–H groups in total. The summed E-state index contributed by atoms with van der Waals surface area (Å²) < 4.78 is 25.7. The number of hydrogen-bond donors (Lipinski definition) is 1. The summed E-state index contributed by atoms with van der Waals surface area (Å²) in [6.45, 7) is 4.88. The summed E-state index contributed by atoms with van der Waals surface area (Å²) in [5.41, 5.74) is 2.38. The number of pyridine rings is 1. The highest BCUT2D eigenvalue weighted by molar-refractivity contribution is 5.92. The van der Waals surface area contributed by atoms with Gasteiger partial charge in [0.05, 0.1) is 5.52 Å². The summed E-state index contributed by atoms with van der Waals surface area (Å²) in [5.74, 6) is 0. The second kappa shape index (κ2) is 5.95. The van der Waals surface area contributed by atoms with Gasteiger partial charge in [-0.3, -0.25) is 0 Å². The van der Waals surface area contributed by atoms with Gasteiger partial charge in [-0.1, -0.05) is 19.9 Å². The Bertz CT molecular complexity index is 567. The van der Waals surface area contributed by atoms with Crippen molar-refractivity contribution in [2.45, 2.75) is 33.1 Å². The molecule has 0 fully saturated rings. The third kappa shape index (κ3) is 3.00. The van der Waals surface area contributed by atoms with E-state index in [0.29, 0.717) is 5.52 Å². The number of rotatable bonds is 5. The molecule has 0 atom stereocenters. The van der Waals surface area contributed by atoms with Crippen LogP contribution in [-0.4, -0.2) is 11.5 Å². The van der Waals surface area contributed by atoms with Gasteiger partial charge < -0.3 is 5.32 Å². The Hall–Kier alpha value is -1.71. The number of alkyl halides is 2. The van der Waals surface area contributed by atoms with E-state index in [-0.39, 0.29) is 5.69 Å². The maximum atomic E-state index is 12.9. The van der Waals surface area contributed by atoms with Crippen LogP contribution in [0.5, 0.6) is 0 Å². The van der Waals surface area contributed by atoms with Gasteiger partial charge >= 0.3 is 0 Å². The van der Waals surface area contributed by atoms with Crippen LogP contribution < -0.4 is 5.32 Å². The van der Waals surface area contributed by atoms with Gasteiger partial charge in [0, 0.05) is 17.6 Å². The predicted molar refractivity (Wildman–Crippen MR) is 74.9 cm³/mol. The van der Waals surface area contributed by atoms with Crippen molar-refractivity contribution in [3.63, 3.8) is 0 Å². The van der Waals surface area contributed by atoms with E-state index in [9.17, 15) is 8.78 Å². The average molecular weight is 264 g/mol. The second-order valence-electron chi connectivity index (χ2n) is 4.53. The van der Waals surface area contributed by atoms with E-state index in [2.05, 4.69) is 17.2 Å². The van der Waals surface area contributed by atoms with Gasteiger partial charge in [0.2, 0.25) is 0 Å². The molecule has 2 nitrogen and oxygen atoms in total. The van der Waals surface area contributed by atoms with Crippen LogP contribution in [0, 0.1) is 0 Å². The van der Waals surface area contributed by atoms with Crippen LogP contribution in [0.3, 0.4) is 0 Å². The number of nitrogens with zero attached hydrogens (tertiary/aromatic N) is 1. The van der Waals surface area contributed by atoms with E-state index in [1.54, 1.807) is 0 Å². The molecule has 0 bridgehead atoms. The number of benzene rings is 1. The molecule has 4 heteroatoms. The fraction of sp³-hybridized carbons (Fsp3) is 0.400. The lowest BCUT2D eigenvalue weighted by Crippen LogP contribution is -2.03. The number of aryl methyl sites for hydroxylation is 1. The molecule has 0 aliphatic carbocycles. The van der Waals surface area contributed by atoms with Gasteiger partial charge in [-0.05, 0) is 36.6 Å². The average Bonchev–Trinajstić information content (AvgIpc) is 2.43. The van der Waals surface area contributed by atoms with Crippen molar-refractivity contribution in [2.75, 3.05) is 11.9 Å². The molecule has 19 heavy (non-hydrogen) atoms. The Morgan fingerprint density at radius 1 is 1.21 bits per heavy atom. The van der Waals surface area contributed by atoms with Gasteiger partial charge in [-0.25, -0.2) is 13.8 Å². The largest absolute Gasteiger partial charge is 0.384 e. The van der Waals surface area contributed by atoms with E-state index in [0.717, 1.165) is 30.5 Å². The van der Waals surface area contributed by atoms with Crippen LogP contribution in [-0.2, 0) is 6.42 Å². The first-order valence-electron chi connectivity index (χ1n) is 6.61. The summed E-state index contributed by atoms with van der Waals surface area (Å²) in [5, 5.41) is 4.12. The number of aromatic nitrogens is 1. The minimum atomic E-state index is -2.54. The first-order valence-corrected chi connectivity index (χ1v) is 6.61. The molecule has 2 aromatic rings. The Morgan fingerprint density at radius 3 is 2.63 bits per heavy atom. The van der Waals surface area contributed by atoms with Gasteiger partial charge in [0.25, 0.3) is 6.43 Å². The lowest BCUT2D eigenvalue weighted by molar-refractivity contribution is 0.146. The summed E-state index contributed by atoms with van der Waals surface area (Å²) >= 11 is 0. The summed E-state index contributed by atoms with van der Waals surface area (Å²) in [6.07, 6.45) is -0.682. The molecule has 0 spiro atoms. The second-order valence-corrected chi connectivity index (χ2v) is 4.53. The van der Waals surface area contributed by atoms with Crippen LogP contribution >= 0.6 is 0 Å². The standard InChI is InChI=1S/C15H18F2N2/c1-3-7-18-13-9-14(15(16)17)19-12-6-5-10(4-2)8-11(12)13/h5-6,8-9,15H,3-4,7H2,1-2H3,(H,18,19). The van der Waals surface area contributed by atoms with Crippen LogP contribution in [0.1, 0.15) is 38.0 Å². The molecule has 1 aromatic carbocycles. The van der Waals surface area contributed by atoms with Gasteiger partial charge in [0.15, 0.2) is 0 Å². The summed E-state index contributed by atoms with van der Waals surface area (Å²) in [4.78, 5) is 4.03. The number of anilines is 1. The Morgan fingerprint density at radius 2 is 2.00 bits per heavy atom. The van der Waals surface area contributed by atoms with Gasteiger partial charge in [-0.2, -0.15) is 0 Å². The van der Waals surface area contributed by atoms with Crippen LogP contribution in [0.4, 0.5) is 14.5 Å². The van der Waals surface area contributed by atoms with E-state index < -0.39 is 6.43 Å². The Labute approximate surface area is 111 Å². The van der Waals surface area contributed by atoms with Gasteiger partial charge in [-0.15, -0.1) is 0 Å². The van der Waals surface area contributed by atoms with Crippen molar-refractivity contribution in [1.82, 2.24) is 4.98 Å². The van der Waals surface area contributed by atoms with E-state index in [1.165, 1.54) is 11.6 Å². The number of halogens is 2. The maximum Gasteiger partial charge on any atom is 0.280 e. The summed E-state index contributed by atoms with van der Waals surface area (Å²) in [7, 11) is 0. The normalized spacial score (nSPS) is 11.2. The number of fused-ring (bicyclic) bond motifs is 1. The minimum Gasteiger partial charge on any atom is -0.384 e. The molecule has 1 aromatic heterocycles. The monoisotopic (exact) mass is 264 g/mol. The van der Waals surface area contributed by atoms with Crippen molar-refractivity contribution in [3.05, 3.63) is 35.5 Å². The Kier molecular flexibility index (Phi) is 4.30. The first kappa shape index (κ1) is 13.7. The van der Waals surface area contributed by atoms with Crippen molar-refractivity contribution < 1.29 is 8.78 Å². The predicted octanol–water partition coefficient (Wildman–Crippen LogP) is 4.56. The molecule has 0 aliphatic rings. The molecular weight excluding hydrogens is 246 g/mol. The molecular formula is C15H18F2N2. The van der Waals surface area contributed by atoms with Crippen molar-refractivity contribution in [2.24, 2.45) is 0 Å². The third-order valence-electron chi connectivity index (χ3n) is 3.09. The zero-order valence-electron chi connectivity index (χ0n) is 11.2. The van der Waals surface area contributed by atoms with Crippen molar-refractivity contribution in [3.8, 4) is 0 Å². The smallest absolute Gasteiger partial charge is 0.280 e. The van der Waals surface area contributed by atoms with Crippen molar-refractivity contribution in [1.29, 1.82) is 0 Å². The Balaban J connectivity index is 2.56. The molecule has 0 amide bonds. The molecule has 0 saturated carbocycles. The number of nitrogens with one attached hydrogen (secondary N) is 1. The lowest BCUT2D eigenvalue weighted by Gasteiger charge is -2.12. The highest BCUT2D eigenvalue weighted by Crippen LogP contribution is 2.28. The van der Waals surface area contributed by atoms with Gasteiger partial charge in [0.1, 0.15) is 5.69 Å². The van der Waals surface area contributed by atoms with Crippen LogP contribution in [0.25, 0.3) is 10.9 Å². The fourth-order valence-electron chi connectivity index (χ4n) is 2.03. The molecule has 0 unspecified atom stereocenters. The highest BCUT2D eigenvalue weighted by atomic mass is 19.3.